The molecule has 2 heterocycles. The molecule has 0 saturated carbocycles. The highest BCUT2D eigenvalue weighted by Crippen LogP contribution is 2.22. The Balaban J connectivity index is 1.46. The van der Waals surface area contributed by atoms with Crippen LogP contribution in [0.25, 0.3) is 10.9 Å². The van der Waals surface area contributed by atoms with E-state index in [9.17, 15) is 4.79 Å². The number of nitrogens with one attached hydrogen (secondary N) is 2. The first-order valence-corrected chi connectivity index (χ1v) is 9.16. The predicted octanol–water partition coefficient (Wildman–Crippen LogP) is 3.67. The van der Waals surface area contributed by atoms with Gasteiger partial charge in [0.25, 0.3) is 5.91 Å². The molecule has 6 heteroatoms. The molecule has 6 nitrogen and oxygen atoms in total. The molecule has 1 aliphatic heterocycles. The van der Waals surface area contributed by atoms with Gasteiger partial charge in [0.05, 0.1) is 5.52 Å². The van der Waals surface area contributed by atoms with Crippen molar-refractivity contribution < 1.29 is 9.53 Å². The summed E-state index contributed by atoms with van der Waals surface area (Å²) in [7, 11) is 0. The van der Waals surface area contributed by atoms with Gasteiger partial charge in [0, 0.05) is 24.2 Å². The highest BCUT2D eigenvalue weighted by atomic mass is 16.5. The first kappa shape index (κ1) is 17.4. The summed E-state index contributed by atoms with van der Waals surface area (Å²) in [5.41, 5.74) is 3.91. The summed E-state index contributed by atoms with van der Waals surface area (Å²) < 4.78 is 5.43. The van der Waals surface area contributed by atoms with E-state index in [4.69, 9.17) is 4.74 Å². The zero-order valence-electron chi connectivity index (χ0n) is 15.2. The van der Waals surface area contributed by atoms with Crippen LogP contribution in [0.15, 0.2) is 48.8 Å². The SMILES string of the molecule is Cc1ccc2ncnc(NCc3cccc(NC(=O)C4CCCO4)c3)c2c1. The standard InChI is InChI=1S/C21H22N4O2/c1-14-7-8-18-17(10-14)20(24-13-23-18)22-12-15-4-2-5-16(11-15)25-21(26)19-6-3-9-27-19/h2,4-5,7-8,10-11,13,19H,3,6,9,12H2,1H3,(H,25,26)(H,22,23,24). The van der Waals surface area contributed by atoms with E-state index in [0.717, 1.165) is 40.8 Å². The molecule has 2 aromatic carbocycles. The monoisotopic (exact) mass is 362 g/mol. The second-order valence-corrected chi connectivity index (χ2v) is 6.79. The van der Waals surface area contributed by atoms with Crippen LogP contribution < -0.4 is 10.6 Å². The van der Waals surface area contributed by atoms with Crippen molar-refractivity contribution in [3.05, 3.63) is 59.9 Å². The fourth-order valence-corrected chi connectivity index (χ4v) is 3.26. The normalized spacial score (nSPS) is 16.4. The summed E-state index contributed by atoms with van der Waals surface area (Å²) in [5, 5.41) is 7.32. The summed E-state index contributed by atoms with van der Waals surface area (Å²) >= 11 is 0. The highest BCUT2D eigenvalue weighted by Gasteiger charge is 2.23. The third-order valence-electron chi connectivity index (χ3n) is 4.67. The molecule has 1 aromatic heterocycles. The van der Waals surface area contributed by atoms with Crippen LogP contribution in [0.1, 0.15) is 24.0 Å². The van der Waals surface area contributed by atoms with E-state index in [2.05, 4.69) is 33.6 Å². The lowest BCUT2D eigenvalue weighted by Crippen LogP contribution is -2.26. The van der Waals surface area contributed by atoms with Crippen LogP contribution in [-0.2, 0) is 16.1 Å². The van der Waals surface area contributed by atoms with Gasteiger partial charge in [-0.3, -0.25) is 4.79 Å². The molecule has 0 bridgehead atoms. The molecule has 0 radical (unpaired) electrons. The molecule has 0 spiro atoms. The van der Waals surface area contributed by atoms with Gasteiger partial charge in [0.2, 0.25) is 0 Å². The minimum atomic E-state index is -0.331. The average Bonchev–Trinajstić information content (AvgIpc) is 3.22. The number of rotatable bonds is 5. The minimum absolute atomic E-state index is 0.0742. The molecule has 138 valence electrons. The Morgan fingerprint density at radius 1 is 1.22 bits per heavy atom. The van der Waals surface area contributed by atoms with Gasteiger partial charge >= 0.3 is 0 Å². The first-order valence-electron chi connectivity index (χ1n) is 9.16. The van der Waals surface area contributed by atoms with E-state index in [1.165, 1.54) is 5.56 Å². The molecule has 1 aliphatic rings. The van der Waals surface area contributed by atoms with Crippen LogP contribution in [0.2, 0.25) is 0 Å². The number of benzene rings is 2. The van der Waals surface area contributed by atoms with Crippen LogP contribution >= 0.6 is 0 Å². The van der Waals surface area contributed by atoms with Gasteiger partial charge in [-0.1, -0.05) is 23.8 Å². The van der Waals surface area contributed by atoms with E-state index in [-0.39, 0.29) is 12.0 Å². The van der Waals surface area contributed by atoms with Gasteiger partial charge in [-0.25, -0.2) is 9.97 Å². The maximum atomic E-state index is 12.2. The summed E-state index contributed by atoms with van der Waals surface area (Å²) in [6, 6.07) is 13.9. The quantitative estimate of drug-likeness (QED) is 0.724. The third kappa shape index (κ3) is 4.06. The Morgan fingerprint density at radius 3 is 3.00 bits per heavy atom. The van der Waals surface area contributed by atoms with Crippen LogP contribution in [0.3, 0.4) is 0 Å². The van der Waals surface area contributed by atoms with Gasteiger partial charge in [-0.2, -0.15) is 0 Å². The van der Waals surface area contributed by atoms with Gasteiger partial charge in [-0.15, -0.1) is 0 Å². The Morgan fingerprint density at radius 2 is 2.15 bits per heavy atom. The molecule has 4 rings (SSSR count). The molecule has 1 saturated heterocycles. The summed E-state index contributed by atoms with van der Waals surface area (Å²) in [5.74, 6) is 0.729. The number of fused-ring (bicyclic) bond motifs is 1. The zero-order chi connectivity index (χ0) is 18.6. The maximum absolute atomic E-state index is 12.2. The number of hydrogen-bond acceptors (Lipinski definition) is 5. The second-order valence-electron chi connectivity index (χ2n) is 6.79. The topological polar surface area (TPSA) is 76.1 Å². The fraction of sp³-hybridized carbons (Fsp3) is 0.286. The summed E-state index contributed by atoms with van der Waals surface area (Å²) in [4.78, 5) is 20.9. The molecule has 2 N–H and O–H groups in total. The van der Waals surface area contributed by atoms with Crippen molar-refractivity contribution in [2.75, 3.05) is 17.2 Å². The molecule has 27 heavy (non-hydrogen) atoms. The number of carbonyl (C=O) groups excluding carboxylic acids is 1. The largest absolute Gasteiger partial charge is 0.368 e. The number of ether oxygens (including phenoxy) is 1. The van der Waals surface area contributed by atoms with Gasteiger partial charge in [-0.05, 0) is 49.6 Å². The molecule has 1 fully saturated rings. The van der Waals surface area contributed by atoms with Crippen molar-refractivity contribution in [3.63, 3.8) is 0 Å². The van der Waals surface area contributed by atoms with Crippen LogP contribution in [-0.4, -0.2) is 28.6 Å². The maximum Gasteiger partial charge on any atom is 0.253 e. The van der Waals surface area contributed by atoms with E-state index >= 15 is 0 Å². The van der Waals surface area contributed by atoms with Crippen molar-refractivity contribution in [1.29, 1.82) is 0 Å². The van der Waals surface area contributed by atoms with Crippen molar-refractivity contribution in [3.8, 4) is 0 Å². The summed E-state index contributed by atoms with van der Waals surface area (Å²) in [6.45, 7) is 3.31. The number of amides is 1. The van der Waals surface area contributed by atoms with Crippen molar-refractivity contribution >= 4 is 28.3 Å². The van der Waals surface area contributed by atoms with Gasteiger partial charge < -0.3 is 15.4 Å². The molecule has 1 unspecified atom stereocenters. The van der Waals surface area contributed by atoms with Crippen molar-refractivity contribution in [2.24, 2.45) is 0 Å². The first-order chi connectivity index (χ1) is 13.2. The van der Waals surface area contributed by atoms with Crippen molar-refractivity contribution in [1.82, 2.24) is 9.97 Å². The van der Waals surface area contributed by atoms with E-state index < -0.39 is 0 Å². The van der Waals surface area contributed by atoms with E-state index in [1.54, 1.807) is 6.33 Å². The third-order valence-corrected chi connectivity index (χ3v) is 4.67. The number of hydrogen-bond donors (Lipinski definition) is 2. The Kier molecular flexibility index (Phi) is 4.98. The fourth-order valence-electron chi connectivity index (χ4n) is 3.26. The Labute approximate surface area is 158 Å². The zero-order valence-corrected chi connectivity index (χ0v) is 15.2. The number of aromatic nitrogens is 2. The second kappa shape index (κ2) is 7.72. The number of anilines is 2. The lowest BCUT2D eigenvalue weighted by Gasteiger charge is -2.12. The van der Waals surface area contributed by atoms with E-state index in [0.29, 0.717) is 13.2 Å². The van der Waals surface area contributed by atoms with Gasteiger partial charge in [0.15, 0.2) is 0 Å². The Hall–Kier alpha value is -2.99. The van der Waals surface area contributed by atoms with Gasteiger partial charge in [0.1, 0.15) is 18.2 Å². The highest BCUT2D eigenvalue weighted by molar-refractivity contribution is 5.94. The number of nitrogens with zero attached hydrogens (tertiary/aromatic N) is 2. The Bertz CT molecular complexity index is 967. The lowest BCUT2D eigenvalue weighted by atomic mass is 10.1. The molecule has 1 atom stereocenters. The molecular formula is C21H22N4O2. The van der Waals surface area contributed by atoms with Crippen LogP contribution in [0.4, 0.5) is 11.5 Å². The molecular weight excluding hydrogens is 340 g/mol. The molecule has 3 aromatic rings. The smallest absolute Gasteiger partial charge is 0.253 e. The molecule has 0 aliphatic carbocycles. The number of carbonyl (C=O) groups is 1. The number of aryl methyl sites for hydroxylation is 1. The summed E-state index contributed by atoms with van der Waals surface area (Å²) in [6.07, 6.45) is 2.96. The average molecular weight is 362 g/mol. The lowest BCUT2D eigenvalue weighted by molar-refractivity contribution is -0.124. The minimum Gasteiger partial charge on any atom is -0.368 e. The van der Waals surface area contributed by atoms with E-state index in [1.807, 2.05) is 36.4 Å². The predicted molar refractivity (Wildman–Crippen MR) is 106 cm³/mol. The van der Waals surface area contributed by atoms with Crippen LogP contribution in [0, 0.1) is 6.92 Å². The molecule has 1 amide bonds. The van der Waals surface area contributed by atoms with Crippen LogP contribution in [0.5, 0.6) is 0 Å². The van der Waals surface area contributed by atoms with Crippen molar-refractivity contribution in [2.45, 2.75) is 32.4 Å².